The first-order valence-corrected chi connectivity index (χ1v) is 13.3. The van der Waals surface area contributed by atoms with Crippen LogP contribution >= 0.6 is 0 Å². The molecule has 1 aliphatic heterocycles. The maximum absolute atomic E-state index is 14.5. The van der Waals surface area contributed by atoms with Crippen molar-refractivity contribution in [2.45, 2.75) is 43.4 Å². The Balaban J connectivity index is 1.49. The zero-order valence-corrected chi connectivity index (χ0v) is 20.6. The van der Waals surface area contributed by atoms with Crippen molar-refractivity contribution in [1.82, 2.24) is 9.21 Å². The van der Waals surface area contributed by atoms with E-state index in [1.165, 1.54) is 28.6 Å². The van der Waals surface area contributed by atoms with E-state index in [-0.39, 0.29) is 23.2 Å². The first-order valence-electron chi connectivity index (χ1n) is 11.9. The van der Waals surface area contributed by atoms with Crippen LogP contribution in [0.5, 0.6) is 5.75 Å². The fraction of sp³-hybridized carbons (Fsp3) is 0.333. The van der Waals surface area contributed by atoms with Crippen molar-refractivity contribution in [2.75, 3.05) is 19.6 Å². The van der Waals surface area contributed by atoms with Gasteiger partial charge in [-0.15, -0.1) is 0 Å². The SMILES string of the molecule is O=S(=O)(c1ccccc1F)N(CCc1ccccc1)C1CCN(Cc2ccccc2OC(F)F)CC1. The van der Waals surface area contributed by atoms with E-state index in [4.69, 9.17) is 0 Å². The van der Waals surface area contributed by atoms with Gasteiger partial charge in [-0.1, -0.05) is 60.7 Å². The molecule has 0 saturated carbocycles. The monoisotopic (exact) mass is 518 g/mol. The average Bonchev–Trinajstić information content (AvgIpc) is 2.87. The molecule has 1 heterocycles. The Morgan fingerprint density at radius 3 is 2.25 bits per heavy atom. The van der Waals surface area contributed by atoms with Crippen molar-refractivity contribution in [1.29, 1.82) is 0 Å². The van der Waals surface area contributed by atoms with Crippen LogP contribution in [0.3, 0.4) is 0 Å². The fourth-order valence-corrected chi connectivity index (χ4v) is 6.37. The molecule has 0 spiro atoms. The Hall–Kier alpha value is -2.88. The van der Waals surface area contributed by atoms with E-state index >= 15 is 0 Å². The van der Waals surface area contributed by atoms with Crippen LogP contribution in [-0.2, 0) is 23.0 Å². The molecule has 0 amide bonds. The van der Waals surface area contributed by atoms with Crippen LogP contribution in [0, 0.1) is 5.82 Å². The van der Waals surface area contributed by atoms with Crippen LogP contribution in [0.25, 0.3) is 0 Å². The van der Waals surface area contributed by atoms with Crippen molar-refractivity contribution in [3.8, 4) is 5.75 Å². The normalized spacial score (nSPS) is 15.5. The van der Waals surface area contributed by atoms with Gasteiger partial charge in [0.1, 0.15) is 16.5 Å². The summed E-state index contributed by atoms with van der Waals surface area (Å²) < 4.78 is 73.3. The highest BCUT2D eigenvalue weighted by Crippen LogP contribution is 2.28. The molecule has 0 N–H and O–H groups in total. The van der Waals surface area contributed by atoms with Crippen LogP contribution < -0.4 is 4.74 Å². The van der Waals surface area contributed by atoms with Gasteiger partial charge in [0.15, 0.2) is 0 Å². The number of benzene rings is 3. The molecule has 1 saturated heterocycles. The van der Waals surface area contributed by atoms with Crippen molar-refractivity contribution >= 4 is 10.0 Å². The lowest BCUT2D eigenvalue weighted by molar-refractivity contribution is -0.0508. The molecular formula is C27H29F3N2O3S. The third kappa shape index (κ3) is 6.46. The Morgan fingerprint density at radius 2 is 1.56 bits per heavy atom. The molecule has 0 aromatic heterocycles. The fourth-order valence-electron chi connectivity index (χ4n) is 4.61. The highest BCUT2D eigenvalue weighted by molar-refractivity contribution is 7.89. The van der Waals surface area contributed by atoms with Gasteiger partial charge < -0.3 is 4.74 Å². The van der Waals surface area contributed by atoms with Crippen LogP contribution in [0.4, 0.5) is 13.2 Å². The lowest BCUT2D eigenvalue weighted by Crippen LogP contribution is -2.48. The predicted octanol–water partition coefficient (Wildman–Crippen LogP) is 5.33. The zero-order valence-electron chi connectivity index (χ0n) is 19.8. The maximum Gasteiger partial charge on any atom is 0.387 e. The molecule has 3 aromatic carbocycles. The molecular weight excluding hydrogens is 489 g/mol. The van der Waals surface area contributed by atoms with E-state index in [9.17, 15) is 21.6 Å². The quantitative estimate of drug-likeness (QED) is 0.364. The summed E-state index contributed by atoms with van der Waals surface area (Å²) in [4.78, 5) is 1.77. The summed E-state index contributed by atoms with van der Waals surface area (Å²) >= 11 is 0. The van der Waals surface area contributed by atoms with E-state index in [1.807, 2.05) is 30.3 Å². The van der Waals surface area contributed by atoms with Gasteiger partial charge in [-0.3, -0.25) is 4.90 Å². The molecule has 1 aliphatic rings. The minimum Gasteiger partial charge on any atom is -0.434 e. The predicted molar refractivity (Wildman–Crippen MR) is 132 cm³/mol. The van der Waals surface area contributed by atoms with E-state index in [0.717, 1.165) is 11.6 Å². The molecule has 36 heavy (non-hydrogen) atoms. The van der Waals surface area contributed by atoms with Crippen molar-refractivity contribution in [3.63, 3.8) is 0 Å². The van der Waals surface area contributed by atoms with E-state index in [0.29, 0.717) is 44.5 Å². The van der Waals surface area contributed by atoms with Crippen LogP contribution in [0.15, 0.2) is 83.8 Å². The van der Waals surface area contributed by atoms with Crippen molar-refractivity contribution < 1.29 is 26.3 Å². The van der Waals surface area contributed by atoms with Crippen molar-refractivity contribution in [3.05, 3.63) is 95.8 Å². The number of hydrogen-bond acceptors (Lipinski definition) is 4. The number of halogens is 3. The molecule has 3 aromatic rings. The maximum atomic E-state index is 14.5. The smallest absolute Gasteiger partial charge is 0.387 e. The number of ether oxygens (including phenoxy) is 1. The summed E-state index contributed by atoms with van der Waals surface area (Å²) in [5, 5.41) is 0. The second kappa shape index (κ2) is 11.9. The number of rotatable bonds is 10. The Morgan fingerprint density at radius 1 is 0.917 bits per heavy atom. The molecule has 0 bridgehead atoms. The first-order chi connectivity index (χ1) is 17.3. The van der Waals surface area contributed by atoms with E-state index in [1.54, 1.807) is 18.2 Å². The molecule has 9 heteroatoms. The van der Waals surface area contributed by atoms with Gasteiger partial charge in [-0.25, -0.2) is 12.8 Å². The Labute approximate surface area is 210 Å². The second-order valence-corrected chi connectivity index (χ2v) is 10.6. The van der Waals surface area contributed by atoms with Crippen LogP contribution in [-0.4, -0.2) is 49.9 Å². The van der Waals surface area contributed by atoms with Crippen LogP contribution in [0.2, 0.25) is 0 Å². The lowest BCUT2D eigenvalue weighted by atomic mass is 10.0. The number of sulfonamides is 1. The van der Waals surface area contributed by atoms with Crippen molar-refractivity contribution in [2.24, 2.45) is 0 Å². The van der Waals surface area contributed by atoms with Gasteiger partial charge in [0.25, 0.3) is 0 Å². The summed E-state index contributed by atoms with van der Waals surface area (Å²) in [5.41, 5.74) is 1.65. The first kappa shape index (κ1) is 26.2. The summed E-state index contributed by atoms with van der Waals surface area (Å²) in [6.45, 7) is -1.11. The Kier molecular flexibility index (Phi) is 8.66. The summed E-state index contributed by atoms with van der Waals surface area (Å²) in [6.07, 6.45) is 1.59. The molecule has 0 radical (unpaired) electrons. The molecule has 192 valence electrons. The number of likely N-dealkylation sites (tertiary alicyclic amines) is 1. The molecule has 4 rings (SSSR count). The van der Waals surface area contributed by atoms with E-state index in [2.05, 4.69) is 9.64 Å². The van der Waals surface area contributed by atoms with Gasteiger partial charge in [0.2, 0.25) is 10.0 Å². The number of nitrogens with zero attached hydrogens (tertiary/aromatic N) is 2. The third-order valence-corrected chi connectivity index (χ3v) is 8.42. The molecule has 0 unspecified atom stereocenters. The van der Waals surface area contributed by atoms with Gasteiger partial charge in [0.05, 0.1) is 0 Å². The van der Waals surface area contributed by atoms with Gasteiger partial charge in [0, 0.05) is 37.8 Å². The molecule has 5 nitrogen and oxygen atoms in total. The van der Waals surface area contributed by atoms with Gasteiger partial charge >= 0.3 is 6.61 Å². The minimum atomic E-state index is -4.06. The summed E-state index contributed by atoms with van der Waals surface area (Å²) in [7, 11) is -4.06. The number of hydrogen-bond donors (Lipinski definition) is 0. The summed E-state index contributed by atoms with van der Waals surface area (Å²) in [6, 6.07) is 21.4. The highest BCUT2D eigenvalue weighted by Gasteiger charge is 2.35. The van der Waals surface area contributed by atoms with E-state index < -0.39 is 22.5 Å². The topological polar surface area (TPSA) is 49.9 Å². The van der Waals surface area contributed by atoms with Gasteiger partial charge in [-0.05, 0) is 43.0 Å². The van der Waals surface area contributed by atoms with Crippen LogP contribution in [0.1, 0.15) is 24.0 Å². The Bertz CT molecular complexity index is 1230. The number of para-hydroxylation sites is 1. The largest absolute Gasteiger partial charge is 0.434 e. The lowest BCUT2D eigenvalue weighted by Gasteiger charge is -2.38. The molecule has 0 aliphatic carbocycles. The third-order valence-electron chi connectivity index (χ3n) is 6.43. The zero-order chi connectivity index (χ0) is 25.5. The molecule has 1 fully saturated rings. The average molecular weight is 519 g/mol. The molecule has 0 atom stereocenters. The second-order valence-electron chi connectivity index (χ2n) is 8.78. The van der Waals surface area contributed by atoms with Gasteiger partial charge in [-0.2, -0.15) is 13.1 Å². The summed E-state index contributed by atoms with van der Waals surface area (Å²) in [5.74, 6) is -0.628. The number of alkyl halides is 2. The highest BCUT2D eigenvalue weighted by atomic mass is 32.2. The number of piperidine rings is 1. The minimum absolute atomic E-state index is 0.140. The standard InChI is InChI=1S/C27H29F3N2O3S/c28-24-11-5-7-13-26(24)36(33,34)32(19-14-21-8-2-1-3-9-21)23-15-17-31(18-16-23)20-22-10-4-6-12-25(22)35-27(29)30/h1-13,23,27H,14-20H2.